The van der Waals surface area contributed by atoms with Crippen LogP contribution in [0.1, 0.15) is 12.5 Å². The number of nitrogens with zero attached hydrogens (tertiary/aromatic N) is 3. The Labute approximate surface area is 91.7 Å². The molecule has 1 aliphatic rings. The highest BCUT2D eigenvalue weighted by Crippen LogP contribution is 2.13. The lowest BCUT2D eigenvalue weighted by Gasteiger charge is -2.33. The molecule has 1 aliphatic heterocycles. The zero-order valence-electron chi connectivity index (χ0n) is 9.61. The van der Waals surface area contributed by atoms with Gasteiger partial charge in [0.2, 0.25) is 0 Å². The van der Waals surface area contributed by atoms with E-state index in [1.807, 2.05) is 6.20 Å². The number of hydrogen-bond acceptors (Lipinski definition) is 3. The maximum absolute atomic E-state index is 4.51. The zero-order chi connectivity index (χ0) is 10.7. The van der Waals surface area contributed by atoms with Crippen molar-refractivity contribution in [1.82, 2.24) is 9.88 Å². The van der Waals surface area contributed by atoms with Crippen molar-refractivity contribution < 1.29 is 0 Å². The minimum absolute atomic E-state index is 1.07. The Balaban J connectivity index is 2.03. The van der Waals surface area contributed by atoms with Gasteiger partial charge in [-0.1, -0.05) is 13.0 Å². The number of aromatic nitrogens is 1. The zero-order valence-corrected chi connectivity index (χ0v) is 9.61. The molecule has 2 rings (SSSR count). The van der Waals surface area contributed by atoms with Crippen LogP contribution >= 0.6 is 0 Å². The van der Waals surface area contributed by atoms with Crippen LogP contribution in [0.4, 0.5) is 5.82 Å². The lowest BCUT2D eigenvalue weighted by Crippen LogP contribution is -2.44. The van der Waals surface area contributed by atoms with Crippen LogP contribution in [0.3, 0.4) is 0 Å². The van der Waals surface area contributed by atoms with E-state index in [2.05, 4.69) is 40.9 Å². The van der Waals surface area contributed by atoms with Gasteiger partial charge in [0.15, 0.2) is 0 Å². The van der Waals surface area contributed by atoms with Crippen molar-refractivity contribution >= 4 is 5.82 Å². The van der Waals surface area contributed by atoms with E-state index in [0.717, 1.165) is 38.4 Å². The Hall–Kier alpha value is -1.09. The normalized spacial score (nSPS) is 18.1. The molecule has 1 fully saturated rings. The van der Waals surface area contributed by atoms with Gasteiger partial charge in [0.25, 0.3) is 0 Å². The second kappa shape index (κ2) is 4.62. The maximum Gasteiger partial charge on any atom is 0.128 e. The van der Waals surface area contributed by atoms with Crippen molar-refractivity contribution in [3.05, 3.63) is 23.9 Å². The molecule has 1 aromatic rings. The average molecular weight is 205 g/mol. The molecular weight excluding hydrogens is 186 g/mol. The van der Waals surface area contributed by atoms with Crippen molar-refractivity contribution in [2.24, 2.45) is 0 Å². The van der Waals surface area contributed by atoms with E-state index in [1.165, 1.54) is 5.56 Å². The van der Waals surface area contributed by atoms with Gasteiger partial charge < -0.3 is 9.80 Å². The standard InChI is InChI=1S/C12H19N3/c1-3-11-4-5-12(13-10-11)15-8-6-14(2)7-9-15/h4-5,10H,3,6-9H2,1-2H3. The lowest BCUT2D eigenvalue weighted by molar-refractivity contribution is 0.312. The molecule has 0 aliphatic carbocycles. The van der Waals surface area contributed by atoms with Gasteiger partial charge in [-0.05, 0) is 25.1 Å². The number of anilines is 1. The summed E-state index contributed by atoms with van der Waals surface area (Å²) in [6.45, 7) is 6.62. The Morgan fingerprint density at radius 3 is 2.47 bits per heavy atom. The third kappa shape index (κ3) is 2.48. The van der Waals surface area contributed by atoms with Crippen LogP contribution in [-0.2, 0) is 6.42 Å². The third-order valence-corrected chi connectivity index (χ3v) is 3.04. The van der Waals surface area contributed by atoms with Gasteiger partial charge in [0, 0.05) is 32.4 Å². The van der Waals surface area contributed by atoms with E-state index >= 15 is 0 Å². The highest BCUT2D eigenvalue weighted by atomic mass is 15.3. The summed E-state index contributed by atoms with van der Waals surface area (Å²) in [7, 11) is 2.17. The fourth-order valence-electron chi connectivity index (χ4n) is 1.85. The second-order valence-electron chi connectivity index (χ2n) is 4.17. The van der Waals surface area contributed by atoms with Crippen LogP contribution in [0.5, 0.6) is 0 Å². The summed E-state index contributed by atoms with van der Waals surface area (Å²) < 4.78 is 0. The van der Waals surface area contributed by atoms with E-state index in [0.29, 0.717) is 0 Å². The first kappa shape index (κ1) is 10.4. The van der Waals surface area contributed by atoms with E-state index in [9.17, 15) is 0 Å². The van der Waals surface area contributed by atoms with Gasteiger partial charge in [0.05, 0.1) is 0 Å². The van der Waals surface area contributed by atoms with Crippen molar-refractivity contribution in [2.75, 3.05) is 38.1 Å². The van der Waals surface area contributed by atoms with Gasteiger partial charge in [-0.25, -0.2) is 4.98 Å². The summed E-state index contributed by atoms with van der Waals surface area (Å²) in [6.07, 6.45) is 3.06. The fourth-order valence-corrected chi connectivity index (χ4v) is 1.85. The van der Waals surface area contributed by atoms with Crippen LogP contribution in [0, 0.1) is 0 Å². The average Bonchev–Trinajstić information content (AvgIpc) is 2.30. The summed E-state index contributed by atoms with van der Waals surface area (Å²) >= 11 is 0. The lowest BCUT2D eigenvalue weighted by atomic mass is 10.2. The number of piperazine rings is 1. The predicted octanol–water partition coefficient (Wildman–Crippen LogP) is 1.40. The van der Waals surface area contributed by atoms with E-state index in [-0.39, 0.29) is 0 Å². The summed E-state index contributed by atoms with van der Waals surface area (Å²) in [6, 6.07) is 4.32. The Morgan fingerprint density at radius 2 is 1.93 bits per heavy atom. The molecule has 0 atom stereocenters. The second-order valence-corrected chi connectivity index (χ2v) is 4.17. The molecule has 15 heavy (non-hydrogen) atoms. The van der Waals surface area contributed by atoms with Gasteiger partial charge >= 0.3 is 0 Å². The Bertz CT molecular complexity index is 299. The van der Waals surface area contributed by atoms with Gasteiger partial charge in [-0.2, -0.15) is 0 Å². The Kier molecular flexibility index (Phi) is 3.21. The largest absolute Gasteiger partial charge is 0.354 e. The van der Waals surface area contributed by atoms with Crippen LogP contribution in [0.25, 0.3) is 0 Å². The molecule has 0 N–H and O–H groups in total. The fraction of sp³-hybridized carbons (Fsp3) is 0.583. The highest BCUT2D eigenvalue weighted by molar-refractivity contribution is 5.39. The minimum Gasteiger partial charge on any atom is -0.354 e. The summed E-state index contributed by atoms with van der Waals surface area (Å²) in [4.78, 5) is 9.22. The molecule has 2 heterocycles. The van der Waals surface area contributed by atoms with Gasteiger partial charge in [-0.3, -0.25) is 0 Å². The molecule has 0 unspecified atom stereocenters. The molecule has 0 aromatic carbocycles. The SMILES string of the molecule is CCc1ccc(N2CCN(C)CC2)nc1. The van der Waals surface area contributed by atoms with Crippen molar-refractivity contribution in [2.45, 2.75) is 13.3 Å². The molecule has 0 radical (unpaired) electrons. The van der Waals surface area contributed by atoms with E-state index in [1.54, 1.807) is 0 Å². The first-order valence-electron chi connectivity index (χ1n) is 5.68. The van der Waals surface area contributed by atoms with Crippen LogP contribution in [-0.4, -0.2) is 43.1 Å². The van der Waals surface area contributed by atoms with Crippen molar-refractivity contribution in [1.29, 1.82) is 0 Å². The third-order valence-electron chi connectivity index (χ3n) is 3.04. The molecular formula is C12H19N3. The molecule has 0 spiro atoms. The number of hydrogen-bond donors (Lipinski definition) is 0. The van der Waals surface area contributed by atoms with Crippen LogP contribution in [0.15, 0.2) is 18.3 Å². The smallest absolute Gasteiger partial charge is 0.128 e. The summed E-state index contributed by atoms with van der Waals surface area (Å²) in [5.41, 5.74) is 1.31. The van der Waals surface area contributed by atoms with Gasteiger partial charge in [0.1, 0.15) is 5.82 Å². The van der Waals surface area contributed by atoms with Crippen molar-refractivity contribution in [3.8, 4) is 0 Å². The monoisotopic (exact) mass is 205 g/mol. The highest BCUT2D eigenvalue weighted by Gasteiger charge is 2.14. The predicted molar refractivity (Wildman–Crippen MR) is 63.3 cm³/mol. The van der Waals surface area contributed by atoms with Crippen LogP contribution < -0.4 is 4.90 Å². The quantitative estimate of drug-likeness (QED) is 0.727. The van der Waals surface area contributed by atoms with E-state index < -0.39 is 0 Å². The number of rotatable bonds is 2. The first-order chi connectivity index (χ1) is 7.29. The molecule has 0 bridgehead atoms. The number of aryl methyl sites for hydroxylation is 1. The first-order valence-corrected chi connectivity index (χ1v) is 5.68. The van der Waals surface area contributed by atoms with E-state index in [4.69, 9.17) is 0 Å². The summed E-state index contributed by atoms with van der Waals surface area (Å²) in [5.74, 6) is 1.13. The Morgan fingerprint density at radius 1 is 1.20 bits per heavy atom. The molecule has 0 amide bonds. The molecule has 3 heteroatoms. The van der Waals surface area contributed by atoms with Crippen molar-refractivity contribution in [3.63, 3.8) is 0 Å². The molecule has 3 nitrogen and oxygen atoms in total. The molecule has 1 saturated heterocycles. The molecule has 82 valence electrons. The van der Waals surface area contributed by atoms with Gasteiger partial charge in [-0.15, -0.1) is 0 Å². The van der Waals surface area contributed by atoms with Crippen LogP contribution in [0.2, 0.25) is 0 Å². The number of pyridine rings is 1. The molecule has 0 saturated carbocycles. The minimum atomic E-state index is 1.07. The topological polar surface area (TPSA) is 19.4 Å². The maximum atomic E-state index is 4.51. The number of likely N-dealkylation sites (N-methyl/N-ethyl adjacent to an activating group) is 1. The molecule has 1 aromatic heterocycles. The summed E-state index contributed by atoms with van der Waals surface area (Å²) in [5, 5.41) is 0.